The van der Waals surface area contributed by atoms with Crippen molar-refractivity contribution in [1.29, 1.82) is 0 Å². The van der Waals surface area contributed by atoms with Gasteiger partial charge >= 0.3 is 6.03 Å². The van der Waals surface area contributed by atoms with Crippen molar-refractivity contribution in [2.45, 2.75) is 26.7 Å². The normalized spacial score (nSPS) is 13.8. The quantitative estimate of drug-likeness (QED) is 0.593. The third-order valence-corrected chi connectivity index (χ3v) is 5.61. The SMILES string of the molecule is CCOc1ccc(C(=O)NCC2CCN(C(=O)Nc3ccccc3OC)CC2)cc1OCC. The molecule has 2 aromatic rings. The maximum atomic E-state index is 12.7. The molecule has 1 heterocycles. The lowest BCUT2D eigenvalue weighted by Crippen LogP contribution is -2.43. The highest BCUT2D eigenvalue weighted by molar-refractivity contribution is 5.95. The Bertz CT molecular complexity index is 941. The Hall–Kier alpha value is -3.42. The van der Waals surface area contributed by atoms with Crippen LogP contribution >= 0.6 is 0 Å². The molecule has 8 heteroatoms. The van der Waals surface area contributed by atoms with E-state index in [4.69, 9.17) is 14.2 Å². The first-order chi connectivity index (χ1) is 16.0. The molecule has 0 saturated carbocycles. The van der Waals surface area contributed by atoms with Crippen LogP contribution in [-0.2, 0) is 0 Å². The number of urea groups is 1. The number of nitrogens with zero attached hydrogens (tertiary/aromatic N) is 1. The number of hydrogen-bond donors (Lipinski definition) is 2. The first kappa shape index (κ1) is 24.2. The number of nitrogens with one attached hydrogen (secondary N) is 2. The van der Waals surface area contributed by atoms with Crippen LogP contribution in [0.4, 0.5) is 10.5 Å². The molecule has 3 amide bonds. The van der Waals surface area contributed by atoms with E-state index in [1.807, 2.05) is 38.1 Å². The summed E-state index contributed by atoms with van der Waals surface area (Å²) in [5, 5.41) is 5.93. The van der Waals surface area contributed by atoms with E-state index in [0.717, 1.165) is 12.8 Å². The van der Waals surface area contributed by atoms with Gasteiger partial charge in [0.25, 0.3) is 5.91 Å². The molecule has 33 heavy (non-hydrogen) atoms. The van der Waals surface area contributed by atoms with E-state index in [1.165, 1.54) is 0 Å². The molecule has 0 spiro atoms. The molecule has 0 aromatic heterocycles. The van der Waals surface area contributed by atoms with E-state index in [1.54, 1.807) is 30.2 Å². The van der Waals surface area contributed by atoms with E-state index in [9.17, 15) is 9.59 Å². The monoisotopic (exact) mass is 455 g/mol. The topological polar surface area (TPSA) is 89.1 Å². The van der Waals surface area contributed by atoms with Gasteiger partial charge < -0.3 is 29.7 Å². The molecule has 2 aromatic carbocycles. The highest BCUT2D eigenvalue weighted by atomic mass is 16.5. The molecule has 0 bridgehead atoms. The molecule has 2 N–H and O–H groups in total. The van der Waals surface area contributed by atoms with E-state index in [-0.39, 0.29) is 11.9 Å². The summed E-state index contributed by atoms with van der Waals surface area (Å²) >= 11 is 0. The van der Waals surface area contributed by atoms with E-state index in [0.29, 0.717) is 67.3 Å². The number of methoxy groups -OCH3 is 1. The number of hydrogen-bond acceptors (Lipinski definition) is 5. The third-order valence-electron chi connectivity index (χ3n) is 5.61. The summed E-state index contributed by atoms with van der Waals surface area (Å²) in [5.41, 5.74) is 1.19. The minimum Gasteiger partial charge on any atom is -0.495 e. The Balaban J connectivity index is 1.48. The Kier molecular flexibility index (Phi) is 8.80. The van der Waals surface area contributed by atoms with Crippen LogP contribution in [0.5, 0.6) is 17.2 Å². The minimum atomic E-state index is -0.143. The van der Waals surface area contributed by atoms with Crippen LogP contribution in [-0.4, -0.2) is 56.8 Å². The summed E-state index contributed by atoms with van der Waals surface area (Å²) in [6.07, 6.45) is 1.65. The van der Waals surface area contributed by atoms with Crippen LogP contribution < -0.4 is 24.8 Å². The largest absolute Gasteiger partial charge is 0.495 e. The number of para-hydroxylation sites is 2. The Morgan fingerprint density at radius 1 is 0.970 bits per heavy atom. The van der Waals surface area contributed by atoms with Gasteiger partial charge in [0.2, 0.25) is 0 Å². The maximum Gasteiger partial charge on any atom is 0.321 e. The fourth-order valence-electron chi connectivity index (χ4n) is 3.81. The van der Waals surface area contributed by atoms with E-state index in [2.05, 4.69) is 10.6 Å². The highest BCUT2D eigenvalue weighted by Gasteiger charge is 2.24. The van der Waals surface area contributed by atoms with Crippen LogP contribution in [0.2, 0.25) is 0 Å². The van der Waals surface area contributed by atoms with Crippen LogP contribution in [0.3, 0.4) is 0 Å². The van der Waals surface area contributed by atoms with Crippen molar-refractivity contribution in [3.05, 3.63) is 48.0 Å². The molecule has 1 saturated heterocycles. The molecule has 0 radical (unpaired) electrons. The number of piperidine rings is 1. The Labute approximate surface area is 195 Å². The molecule has 1 fully saturated rings. The second kappa shape index (κ2) is 12.0. The second-order valence-electron chi connectivity index (χ2n) is 7.80. The number of benzene rings is 2. The molecule has 0 aliphatic carbocycles. The number of likely N-dealkylation sites (tertiary alicyclic amines) is 1. The summed E-state index contributed by atoms with van der Waals surface area (Å²) in [7, 11) is 1.58. The zero-order valence-corrected chi connectivity index (χ0v) is 19.6. The summed E-state index contributed by atoms with van der Waals surface area (Å²) < 4.78 is 16.5. The van der Waals surface area contributed by atoms with E-state index >= 15 is 0 Å². The van der Waals surface area contributed by atoms with Gasteiger partial charge in [0.15, 0.2) is 11.5 Å². The highest BCUT2D eigenvalue weighted by Crippen LogP contribution is 2.29. The van der Waals surface area contributed by atoms with Gasteiger partial charge in [-0.3, -0.25) is 4.79 Å². The van der Waals surface area contributed by atoms with Crippen molar-refractivity contribution in [1.82, 2.24) is 10.2 Å². The van der Waals surface area contributed by atoms with Gasteiger partial charge in [0, 0.05) is 25.2 Å². The van der Waals surface area contributed by atoms with Crippen molar-refractivity contribution in [3.8, 4) is 17.2 Å². The number of amides is 3. The van der Waals surface area contributed by atoms with Crippen molar-refractivity contribution in [3.63, 3.8) is 0 Å². The zero-order valence-electron chi connectivity index (χ0n) is 19.6. The van der Waals surface area contributed by atoms with E-state index < -0.39 is 0 Å². The van der Waals surface area contributed by atoms with Gasteiger partial charge in [-0.2, -0.15) is 0 Å². The molecule has 8 nitrogen and oxygen atoms in total. The average Bonchev–Trinajstić information content (AvgIpc) is 2.84. The summed E-state index contributed by atoms with van der Waals surface area (Å²) in [6, 6.07) is 12.4. The van der Waals surface area contributed by atoms with Crippen molar-refractivity contribution in [2.75, 3.05) is 45.3 Å². The lowest BCUT2D eigenvalue weighted by molar-refractivity contribution is 0.0938. The summed E-state index contributed by atoms with van der Waals surface area (Å²) in [5.74, 6) is 2.01. The third kappa shape index (κ3) is 6.54. The van der Waals surface area contributed by atoms with Gasteiger partial charge in [-0.1, -0.05) is 12.1 Å². The first-order valence-electron chi connectivity index (χ1n) is 11.4. The number of carbonyl (C=O) groups excluding carboxylic acids is 2. The molecular formula is C25H33N3O5. The van der Waals surface area contributed by atoms with Crippen molar-refractivity contribution < 1.29 is 23.8 Å². The lowest BCUT2D eigenvalue weighted by Gasteiger charge is -2.32. The maximum absolute atomic E-state index is 12.7. The van der Waals surface area contributed by atoms with Crippen LogP contribution in [0.1, 0.15) is 37.0 Å². The number of rotatable bonds is 9. The number of anilines is 1. The van der Waals surface area contributed by atoms with Gasteiger partial charge in [-0.05, 0) is 62.9 Å². The Morgan fingerprint density at radius 3 is 2.36 bits per heavy atom. The van der Waals surface area contributed by atoms with Gasteiger partial charge in [-0.25, -0.2) is 4.79 Å². The average molecular weight is 456 g/mol. The smallest absolute Gasteiger partial charge is 0.321 e. The zero-order chi connectivity index (χ0) is 23.6. The van der Waals surface area contributed by atoms with Crippen molar-refractivity contribution in [2.24, 2.45) is 5.92 Å². The second-order valence-corrected chi connectivity index (χ2v) is 7.80. The number of ether oxygens (including phenoxy) is 3. The predicted molar refractivity (Wildman–Crippen MR) is 127 cm³/mol. The van der Waals surface area contributed by atoms with Gasteiger partial charge in [0.05, 0.1) is 26.0 Å². The van der Waals surface area contributed by atoms with Gasteiger partial charge in [-0.15, -0.1) is 0 Å². The molecule has 0 unspecified atom stereocenters. The fraction of sp³-hybridized carbons (Fsp3) is 0.440. The number of carbonyl (C=O) groups is 2. The molecule has 1 aliphatic rings. The molecule has 3 rings (SSSR count). The predicted octanol–water partition coefficient (Wildman–Crippen LogP) is 4.17. The standard InChI is InChI=1S/C25H33N3O5/c1-4-32-22-11-10-19(16-23(22)33-5-2)24(29)26-17-18-12-14-28(15-13-18)25(30)27-20-8-6-7-9-21(20)31-3/h6-11,16,18H,4-5,12-15,17H2,1-3H3,(H,26,29)(H,27,30). The van der Waals surface area contributed by atoms with Crippen LogP contribution in [0.15, 0.2) is 42.5 Å². The molecular weight excluding hydrogens is 422 g/mol. The molecule has 1 aliphatic heterocycles. The van der Waals surface area contributed by atoms with Gasteiger partial charge in [0.1, 0.15) is 5.75 Å². The van der Waals surface area contributed by atoms with Crippen LogP contribution in [0.25, 0.3) is 0 Å². The fourth-order valence-corrected chi connectivity index (χ4v) is 3.81. The molecule has 178 valence electrons. The first-order valence-corrected chi connectivity index (χ1v) is 11.4. The molecule has 0 atom stereocenters. The van der Waals surface area contributed by atoms with Crippen LogP contribution in [0, 0.1) is 5.92 Å². The summed E-state index contributed by atoms with van der Waals surface area (Å²) in [6.45, 7) is 6.67. The van der Waals surface area contributed by atoms with Crippen molar-refractivity contribution >= 4 is 17.6 Å². The summed E-state index contributed by atoms with van der Waals surface area (Å²) in [4.78, 5) is 27.1. The lowest BCUT2D eigenvalue weighted by atomic mass is 9.97. The minimum absolute atomic E-state index is 0.139. The Morgan fingerprint density at radius 2 is 1.67 bits per heavy atom.